The van der Waals surface area contributed by atoms with Crippen molar-refractivity contribution in [2.45, 2.75) is 45.8 Å². The molecule has 2 heterocycles. The van der Waals surface area contributed by atoms with E-state index in [0.29, 0.717) is 18.8 Å². The molecule has 0 N–H and O–H groups in total. The standard InChI is InChI=1S/C12H20N4O2/c1-4-15-11(7-13-14-15)12(17)16(9(2)3)10-5-6-18-8-10/h7,9-10H,4-6,8H2,1-3H3. The minimum absolute atomic E-state index is 0.00708. The maximum absolute atomic E-state index is 12.6. The van der Waals surface area contributed by atoms with Crippen molar-refractivity contribution in [1.29, 1.82) is 0 Å². The first-order chi connectivity index (χ1) is 8.65. The number of aryl methyl sites for hydroxylation is 1. The van der Waals surface area contributed by atoms with Gasteiger partial charge in [0.15, 0.2) is 0 Å². The first-order valence-electron chi connectivity index (χ1n) is 6.44. The summed E-state index contributed by atoms with van der Waals surface area (Å²) in [7, 11) is 0. The molecule has 1 fully saturated rings. The Balaban J connectivity index is 2.23. The summed E-state index contributed by atoms with van der Waals surface area (Å²) < 4.78 is 7.01. The van der Waals surface area contributed by atoms with Gasteiger partial charge in [-0.15, -0.1) is 5.10 Å². The second-order valence-electron chi connectivity index (χ2n) is 4.76. The summed E-state index contributed by atoms with van der Waals surface area (Å²) in [5, 5.41) is 7.73. The van der Waals surface area contributed by atoms with Crippen LogP contribution in [-0.4, -0.2) is 51.1 Å². The first kappa shape index (κ1) is 13.0. The lowest BCUT2D eigenvalue weighted by Gasteiger charge is -2.31. The molecule has 1 aromatic heterocycles. The predicted molar refractivity (Wildman–Crippen MR) is 66.2 cm³/mol. The quantitative estimate of drug-likeness (QED) is 0.800. The summed E-state index contributed by atoms with van der Waals surface area (Å²) in [4.78, 5) is 14.5. The lowest BCUT2D eigenvalue weighted by atomic mass is 10.1. The van der Waals surface area contributed by atoms with E-state index in [-0.39, 0.29) is 18.0 Å². The molecule has 0 aromatic carbocycles. The van der Waals surface area contributed by atoms with Crippen molar-refractivity contribution < 1.29 is 9.53 Å². The number of aromatic nitrogens is 3. The monoisotopic (exact) mass is 252 g/mol. The van der Waals surface area contributed by atoms with Crippen LogP contribution in [0.1, 0.15) is 37.7 Å². The minimum atomic E-state index is -0.00708. The van der Waals surface area contributed by atoms with Crippen LogP contribution < -0.4 is 0 Å². The van der Waals surface area contributed by atoms with Crippen molar-refractivity contribution in [1.82, 2.24) is 19.9 Å². The maximum atomic E-state index is 12.6. The second-order valence-corrected chi connectivity index (χ2v) is 4.76. The molecule has 0 saturated carbocycles. The van der Waals surface area contributed by atoms with Crippen molar-refractivity contribution in [2.24, 2.45) is 0 Å². The molecule has 1 saturated heterocycles. The molecule has 18 heavy (non-hydrogen) atoms. The zero-order chi connectivity index (χ0) is 13.1. The third-order valence-electron chi connectivity index (χ3n) is 3.23. The first-order valence-corrected chi connectivity index (χ1v) is 6.44. The molecule has 0 spiro atoms. The normalized spacial score (nSPS) is 19.4. The van der Waals surface area contributed by atoms with Crippen molar-refractivity contribution in [2.75, 3.05) is 13.2 Å². The van der Waals surface area contributed by atoms with Gasteiger partial charge in [-0.25, -0.2) is 4.68 Å². The fourth-order valence-corrected chi connectivity index (χ4v) is 2.35. The Morgan fingerprint density at radius 3 is 3.00 bits per heavy atom. The SMILES string of the molecule is CCn1nncc1C(=O)N(C(C)C)C1CCOC1. The van der Waals surface area contributed by atoms with Gasteiger partial charge in [0.05, 0.1) is 18.8 Å². The van der Waals surface area contributed by atoms with E-state index in [1.165, 1.54) is 6.20 Å². The summed E-state index contributed by atoms with van der Waals surface area (Å²) in [6.07, 6.45) is 2.44. The van der Waals surface area contributed by atoms with Gasteiger partial charge in [0.1, 0.15) is 5.69 Å². The Labute approximate surface area is 107 Å². The molecule has 1 aliphatic heterocycles. The van der Waals surface area contributed by atoms with E-state index in [2.05, 4.69) is 10.3 Å². The highest BCUT2D eigenvalue weighted by atomic mass is 16.5. The van der Waals surface area contributed by atoms with Gasteiger partial charge in [-0.3, -0.25) is 4.79 Å². The molecule has 1 amide bonds. The number of carbonyl (C=O) groups is 1. The molecule has 1 atom stereocenters. The van der Waals surface area contributed by atoms with Gasteiger partial charge in [-0.2, -0.15) is 0 Å². The highest BCUT2D eigenvalue weighted by molar-refractivity contribution is 5.92. The van der Waals surface area contributed by atoms with Gasteiger partial charge in [-0.05, 0) is 27.2 Å². The third-order valence-corrected chi connectivity index (χ3v) is 3.23. The lowest BCUT2D eigenvalue weighted by Crippen LogP contribution is -2.46. The summed E-state index contributed by atoms with van der Waals surface area (Å²) in [5.41, 5.74) is 0.554. The summed E-state index contributed by atoms with van der Waals surface area (Å²) in [5.74, 6) is -0.00708. The second kappa shape index (κ2) is 5.48. The fraction of sp³-hybridized carbons (Fsp3) is 0.750. The van der Waals surface area contributed by atoms with Crippen LogP contribution in [0.4, 0.5) is 0 Å². The Hall–Kier alpha value is -1.43. The summed E-state index contributed by atoms with van der Waals surface area (Å²) in [6, 6.07) is 0.308. The van der Waals surface area contributed by atoms with Crippen molar-refractivity contribution >= 4 is 5.91 Å². The van der Waals surface area contributed by atoms with Gasteiger partial charge < -0.3 is 9.64 Å². The minimum Gasteiger partial charge on any atom is -0.379 e. The van der Waals surface area contributed by atoms with Crippen LogP contribution in [0.3, 0.4) is 0 Å². The zero-order valence-electron chi connectivity index (χ0n) is 11.2. The van der Waals surface area contributed by atoms with Crippen molar-refractivity contribution in [3.05, 3.63) is 11.9 Å². The number of rotatable bonds is 4. The van der Waals surface area contributed by atoms with E-state index < -0.39 is 0 Å². The van der Waals surface area contributed by atoms with Crippen LogP contribution in [0.15, 0.2) is 6.20 Å². The number of hydrogen-bond donors (Lipinski definition) is 0. The predicted octanol–water partition coefficient (Wildman–Crippen LogP) is 0.938. The molecule has 6 heteroatoms. The van der Waals surface area contributed by atoms with Crippen molar-refractivity contribution in [3.8, 4) is 0 Å². The summed E-state index contributed by atoms with van der Waals surface area (Å²) in [6.45, 7) is 7.99. The molecule has 2 rings (SSSR count). The van der Waals surface area contributed by atoms with E-state index in [0.717, 1.165) is 13.0 Å². The third kappa shape index (κ3) is 2.38. The van der Waals surface area contributed by atoms with Gasteiger partial charge in [0, 0.05) is 19.2 Å². The highest BCUT2D eigenvalue weighted by Gasteiger charge is 2.31. The molecule has 0 radical (unpaired) electrons. The van der Waals surface area contributed by atoms with Crippen LogP contribution in [0.25, 0.3) is 0 Å². The van der Waals surface area contributed by atoms with Crippen LogP contribution in [0, 0.1) is 0 Å². The zero-order valence-corrected chi connectivity index (χ0v) is 11.2. The largest absolute Gasteiger partial charge is 0.379 e. The van der Waals surface area contributed by atoms with Crippen LogP contribution >= 0.6 is 0 Å². The molecule has 0 aliphatic carbocycles. The summed E-state index contributed by atoms with van der Waals surface area (Å²) >= 11 is 0. The molecular weight excluding hydrogens is 232 g/mol. The Kier molecular flexibility index (Phi) is 3.96. The number of ether oxygens (including phenoxy) is 1. The van der Waals surface area contributed by atoms with E-state index in [4.69, 9.17) is 4.74 Å². The van der Waals surface area contributed by atoms with Crippen molar-refractivity contribution in [3.63, 3.8) is 0 Å². The number of carbonyl (C=O) groups excluding carboxylic acids is 1. The Morgan fingerprint density at radius 2 is 2.44 bits per heavy atom. The van der Waals surface area contributed by atoms with Gasteiger partial charge in [-0.1, -0.05) is 5.21 Å². The smallest absolute Gasteiger partial charge is 0.274 e. The Morgan fingerprint density at radius 1 is 1.67 bits per heavy atom. The molecule has 6 nitrogen and oxygen atoms in total. The molecule has 1 unspecified atom stereocenters. The topological polar surface area (TPSA) is 60.2 Å². The average molecular weight is 252 g/mol. The van der Waals surface area contributed by atoms with E-state index in [9.17, 15) is 4.79 Å². The average Bonchev–Trinajstić information content (AvgIpc) is 2.98. The number of nitrogens with zero attached hydrogens (tertiary/aromatic N) is 4. The van der Waals surface area contributed by atoms with E-state index >= 15 is 0 Å². The van der Waals surface area contributed by atoms with Crippen LogP contribution in [0.2, 0.25) is 0 Å². The number of amides is 1. The van der Waals surface area contributed by atoms with Crippen LogP contribution in [-0.2, 0) is 11.3 Å². The highest BCUT2D eigenvalue weighted by Crippen LogP contribution is 2.18. The van der Waals surface area contributed by atoms with E-state index in [1.54, 1.807) is 4.68 Å². The fourth-order valence-electron chi connectivity index (χ4n) is 2.35. The van der Waals surface area contributed by atoms with Crippen LogP contribution in [0.5, 0.6) is 0 Å². The van der Waals surface area contributed by atoms with Gasteiger partial charge >= 0.3 is 0 Å². The molecular formula is C12H20N4O2. The lowest BCUT2D eigenvalue weighted by molar-refractivity contribution is 0.0569. The molecule has 100 valence electrons. The van der Waals surface area contributed by atoms with Gasteiger partial charge in [0.2, 0.25) is 0 Å². The molecule has 0 bridgehead atoms. The Bertz CT molecular complexity index is 410. The maximum Gasteiger partial charge on any atom is 0.274 e. The molecule has 1 aromatic rings. The molecule has 1 aliphatic rings. The number of hydrogen-bond acceptors (Lipinski definition) is 4. The van der Waals surface area contributed by atoms with E-state index in [1.807, 2.05) is 25.7 Å². The van der Waals surface area contributed by atoms with Gasteiger partial charge in [0.25, 0.3) is 5.91 Å².